The Bertz CT molecular complexity index is 836. The van der Waals surface area contributed by atoms with E-state index < -0.39 is 29.9 Å². The topological polar surface area (TPSA) is 83.6 Å². The summed E-state index contributed by atoms with van der Waals surface area (Å²) in [5, 5.41) is 1.65. The number of carbonyl (C=O) groups excluding carboxylic acids is 2. The number of nitrogens with one attached hydrogen (secondary N) is 1. The molecule has 1 aromatic carbocycles. The number of nitrogens with zero attached hydrogens (tertiary/aromatic N) is 3. The summed E-state index contributed by atoms with van der Waals surface area (Å²) in [6.45, 7) is 1.09. The fourth-order valence-electron chi connectivity index (χ4n) is 3.49. The molecule has 1 atom stereocenters. The number of cyclic esters (lactones) is 1. The van der Waals surface area contributed by atoms with E-state index in [1.54, 1.807) is 0 Å². The van der Waals surface area contributed by atoms with Crippen LogP contribution in [0.2, 0.25) is 0 Å². The van der Waals surface area contributed by atoms with Gasteiger partial charge in [-0.25, -0.2) is 28.8 Å². The zero-order chi connectivity index (χ0) is 22.5. The minimum Gasteiger partial charge on any atom is -0.490 e. The molecule has 3 rings (SSSR count). The monoisotopic (exact) mass is 458 g/mol. The molecule has 0 unspecified atom stereocenters. The molecule has 170 valence electrons. The normalized spacial score (nSPS) is 19.2. The fourth-order valence-corrected chi connectivity index (χ4v) is 3.61. The van der Waals surface area contributed by atoms with Crippen molar-refractivity contribution in [2.45, 2.75) is 18.9 Å². The van der Waals surface area contributed by atoms with E-state index in [0.717, 1.165) is 12.1 Å². The van der Waals surface area contributed by atoms with Crippen molar-refractivity contribution in [3.63, 3.8) is 0 Å². The van der Waals surface area contributed by atoms with Crippen LogP contribution in [0.1, 0.15) is 12.8 Å². The van der Waals surface area contributed by atoms with E-state index in [0.29, 0.717) is 24.4 Å². The maximum Gasteiger partial charge on any atom is 0.424 e. The first kappa shape index (κ1) is 22.9. The third-order valence-corrected chi connectivity index (χ3v) is 5.45. The van der Waals surface area contributed by atoms with Crippen LogP contribution in [0.25, 0.3) is 0 Å². The molecular weight excluding hydrogens is 434 g/mol. The van der Waals surface area contributed by atoms with Gasteiger partial charge in [0.25, 0.3) is 0 Å². The number of hydrogen-bond donors (Lipinski definition) is 1. The fraction of sp³-hybridized carbons (Fsp3) is 0.526. The molecule has 2 aliphatic heterocycles. The number of methoxy groups -OCH3 is 2. The van der Waals surface area contributed by atoms with Crippen LogP contribution in [0.15, 0.2) is 12.1 Å². The Kier molecular flexibility index (Phi) is 7.44. The van der Waals surface area contributed by atoms with E-state index in [-0.39, 0.29) is 37.6 Å². The highest BCUT2D eigenvalue weighted by Gasteiger charge is 2.34. The third-order valence-electron chi connectivity index (χ3n) is 5.07. The van der Waals surface area contributed by atoms with Crippen molar-refractivity contribution in [1.29, 1.82) is 0 Å². The second-order valence-corrected chi connectivity index (χ2v) is 7.46. The molecule has 0 aliphatic carbocycles. The third kappa shape index (κ3) is 5.31. The summed E-state index contributed by atoms with van der Waals surface area (Å²) < 4.78 is 44.7. The van der Waals surface area contributed by atoms with Crippen LogP contribution in [-0.4, -0.2) is 75.3 Å². The average molecular weight is 458 g/mol. The summed E-state index contributed by atoms with van der Waals surface area (Å²) in [6.07, 6.45) is -0.813. The van der Waals surface area contributed by atoms with Crippen LogP contribution < -0.4 is 15.2 Å². The van der Waals surface area contributed by atoms with Gasteiger partial charge in [-0.2, -0.15) is 0 Å². The van der Waals surface area contributed by atoms with Crippen molar-refractivity contribution >= 4 is 40.8 Å². The number of amides is 2. The van der Waals surface area contributed by atoms with Crippen molar-refractivity contribution in [1.82, 2.24) is 10.4 Å². The van der Waals surface area contributed by atoms with Gasteiger partial charge in [0.1, 0.15) is 11.8 Å². The lowest BCUT2D eigenvalue weighted by Gasteiger charge is -2.24. The Morgan fingerprint density at radius 3 is 2.58 bits per heavy atom. The highest BCUT2D eigenvalue weighted by molar-refractivity contribution is 7.80. The van der Waals surface area contributed by atoms with Crippen LogP contribution in [-0.2, 0) is 14.2 Å². The van der Waals surface area contributed by atoms with Gasteiger partial charge >= 0.3 is 12.2 Å². The van der Waals surface area contributed by atoms with E-state index >= 15 is 0 Å². The van der Waals surface area contributed by atoms with Crippen molar-refractivity contribution in [2.24, 2.45) is 0 Å². The van der Waals surface area contributed by atoms with Gasteiger partial charge in [-0.05, 0) is 18.6 Å². The molecular formula is C19H24F2N4O5S. The van der Waals surface area contributed by atoms with Gasteiger partial charge in [0.15, 0.2) is 16.7 Å². The van der Waals surface area contributed by atoms with Crippen LogP contribution in [0.4, 0.5) is 29.7 Å². The summed E-state index contributed by atoms with van der Waals surface area (Å²) in [5.41, 5.74) is 2.70. The predicted molar refractivity (Wildman–Crippen MR) is 112 cm³/mol. The van der Waals surface area contributed by atoms with Gasteiger partial charge in [0.05, 0.1) is 33.0 Å². The minimum absolute atomic E-state index is 0.0738. The van der Waals surface area contributed by atoms with Crippen molar-refractivity contribution in [3.05, 3.63) is 23.8 Å². The summed E-state index contributed by atoms with van der Waals surface area (Å²) in [5.74, 6) is -1.61. The number of hydrazine groups is 1. The zero-order valence-electron chi connectivity index (χ0n) is 17.2. The Morgan fingerprint density at radius 1 is 1.23 bits per heavy atom. The second kappa shape index (κ2) is 10.1. The Morgan fingerprint density at radius 2 is 1.94 bits per heavy atom. The summed E-state index contributed by atoms with van der Waals surface area (Å²) in [4.78, 5) is 26.6. The quantitative estimate of drug-likeness (QED) is 0.674. The number of benzene rings is 1. The molecule has 2 aliphatic rings. The summed E-state index contributed by atoms with van der Waals surface area (Å²) >= 11 is 4.98. The van der Waals surface area contributed by atoms with Crippen LogP contribution in [0.3, 0.4) is 0 Å². The summed E-state index contributed by atoms with van der Waals surface area (Å²) in [7, 11) is 2.72. The number of thiocarbonyl (C=S) groups is 1. The van der Waals surface area contributed by atoms with E-state index in [1.165, 1.54) is 29.0 Å². The largest absolute Gasteiger partial charge is 0.490 e. The molecule has 2 saturated heterocycles. The van der Waals surface area contributed by atoms with E-state index in [2.05, 4.69) is 10.2 Å². The molecule has 0 aromatic heterocycles. The zero-order valence-corrected chi connectivity index (χ0v) is 18.0. The van der Waals surface area contributed by atoms with E-state index in [1.807, 2.05) is 0 Å². The van der Waals surface area contributed by atoms with Crippen molar-refractivity contribution < 1.29 is 32.6 Å². The molecule has 2 fully saturated rings. The maximum atomic E-state index is 14.9. The molecule has 0 spiro atoms. The Balaban J connectivity index is 1.71. The van der Waals surface area contributed by atoms with Gasteiger partial charge in [0, 0.05) is 38.2 Å². The smallest absolute Gasteiger partial charge is 0.424 e. The Hall–Kier alpha value is -2.73. The molecule has 1 N–H and O–H groups in total. The summed E-state index contributed by atoms with van der Waals surface area (Å²) in [6, 6.07) is 2.22. The average Bonchev–Trinajstić information content (AvgIpc) is 2.95. The number of rotatable bonds is 5. The predicted octanol–water partition coefficient (Wildman–Crippen LogP) is 2.44. The van der Waals surface area contributed by atoms with Crippen LogP contribution in [0.5, 0.6) is 0 Å². The minimum atomic E-state index is -0.807. The van der Waals surface area contributed by atoms with Gasteiger partial charge in [-0.3, -0.25) is 4.90 Å². The number of hydrogen-bond acceptors (Lipinski definition) is 8. The first-order valence-electron chi connectivity index (χ1n) is 9.72. The second-order valence-electron chi connectivity index (χ2n) is 7.01. The van der Waals surface area contributed by atoms with Crippen molar-refractivity contribution in [3.8, 4) is 0 Å². The van der Waals surface area contributed by atoms with Gasteiger partial charge in [-0.15, -0.1) is 0 Å². The Labute approximate surface area is 183 Å². The lowest BCUT2D eigenvalue weighted by Crippen LogP contribution is -2.43. The molecule has 12 heteroatoms. The standard InChI is InChI=1S/C19H24F2N4O5S/c1-28-16(31)4-3-13-11-24(18(26)30-13)12-9-14(20)17(15(21)10-12)23-6-5-22-25(8-7-23)19(27)29-2/h9-10,13,22H,3-8,11H2,1-2H3/t13-/m0/s1. The molecule has 31 heavy (non-hydrogen) atoms. The molecule has 2 heterocycles. The molecule has 2 amide bonds. The lowest BCUT2D eigenvalue weighted by atomic mass is 10.2. The van der Waals surface area contributed by atoms with Crippen LogP contribution >= 0.6 is 12.2 Å². The maximum absolute atomic E-state index is 14.9. The SMILES string of the molecule is COC(=O)N1CCN(c2c(F)cc(N3C[C@H](CCC(=S)OC)OC3=O)cc2F)CCN1. The van der Waals surface area contributed by atoms with Gasteiger partial charge in [0.2, 0.25) is 0 Å². The molecule has 0 bridgehead atoms. The van der Waals surface area contributed by atoms with E-state index in [4.69, 9.17) is 21.7 Å². The van der Waals surface area contributed by atoms with Gasteiger partial charge in [-0.1, -0.05) is 0 Å². The molecule has 9 nitrogen and oxygen atoms in total. The lowest BCUT2D eigenvalue weighted by molar-refractivity contribution is 0.106. The number of ether oxygens (including phenoxy) is 3. The number of anilines is 2. The molecule has 1 aromatic rings. The first-order valence-corrected chi connectivity index (χ1v) is 10.1. The van der Waals surface area contributed by atoms with E-state index in [9.17, 15) is 18.4 Å². The highest BCUT2D eigenvalue weighted by atomic mass is 32.1. The van der Waals surface area contributed by atoms with Crippen molar-refractivity contribution in [2.75, 3.05) is 56.7 Å². The molecule has 0 saturated carbocycles. The van der Waals surface area contributed by atoms with Gasteiger partial charge < -0.3 is 19.1 Å². The highest BCUT2D eigenvalue weighted by Crippen LogP contribution is 2.31. The number of halogens is 2. The first-order chi connectivity index (χ1) is 14.8. The molecule has 0 radical (unpaired) electrons. The number of carbonyl (C=O) groups is 2. The van der Waals surface area contributed by atoms with Crippen LogP contribution in [0, 0.1) is 11.6 Å².